The first-order valence-electron chi connectivity index (χ1n) is 7.14. The van der Waals surface area contributed by atoms with Crippen LogP contribution in [0, 0.1) is 0 Å². The van der Waals surface area contributed by atoms with E-state index in [1.54, 1.807) is 0 Å². The summed E-state index contributed by atoms with van der Waals surface area (Å²) in [6.45, 7) is 8.66. The summed E-state index contributed by atoms with van der Waals surface area (Å²) in [5.74, 6) is -0.531. The molecule has 0 radical (unpaired) electrons. The fourth-order valence-corrected chi connectivity index (χ4v) is 3.88. The summed E-state index contributed by atoms with van der Waals surface area (Å²) >= 11 is 0. The fourth-order valence-electron chi connectivity index (χ4n) is 3.88. The number of hydrogen-bond donors (Lipinski definition) is 0. The van der Waals surface area contributed by atoms with Crippen LogP contribution >= 0.6 is 0 Å². The smallest absolute Gasteiger partial charge is 0.184 e. The van der Waals surface area contributed by atoms with Crippen LogP contribution in [0.1, 0.15) is 40.5 Å². The lowest BCUT2D eigenvalue weighted by Crippen LogP contribution is -2.53. The van der Waals surface area contributed by atoms with Gasteiger partial charge in [0.05, 0.1) is 18.3 Å². The predicted octanol–water partition coefficient (Wildman–Crippen LogP) is 1.59. The first-order valence-corrected chi connectivity index (χ1v) is 7.14. The number of hydrogen-bond acceptors (Lipinski definition) is 5. The Labute approximate surface area is 113 Å². The molecule has 4 fully saturated rings. The third-order valence-electron chi connectivity index (χ3n) is 4.72. The van der Waals surface area contributed by atoms with E-state index in [1.165, 1.54) is 0 Å². The summed E-state index contributed by atoms with van der Waals surface area (Å²) in [7, 11) is 0. The van der Waals surface area contributed by atoms with Gasteiger partial charge in [-0.3, -0.25) is 0 Å². The van der Waals surface area contributed by atoms with Gasteiger partial charge in [0.25, 0.3) is 0 Å². The second kappa shape index (κ2) is 3.52. The van der Waals surface area contributed by atoms with Crippen molar-refractivity contribution in [3.63, 3.8) is 0 Å². The summed E-state index contributed by atoms with van der Waals surface area (Å²) in [6.07, 6.45) is 1.86. The summed E-state index contributed by atoms with van der Waals surface area (Å²) in [4.78, 5) is 0. The van der Waals surface area contributed by atoms with Gasteiger partial charge < -0.3 is 23.7 Å². The Balaban J connectivity index is 1.58. The molecule has 2 bridgehead atoms. The summed E-state index contributed by atoms with van der Waals surface area (Å²) in [5, 5.41) is 0. The molecule has 0 aromatic rings. The van der Waals surface area contributed by atoms with Crippen molar-refractivity contribution in [2.24, 2.45) is 0 Å². The van der Waals surface area contributed by atoms with Crippen LogP contribution < -0.4 is 0 Å². The zero-order valence-electron chi connectivity index (χ0n) is 12.0. The molecule has 3 aliphatic heterocycles. The molecule has 3 unspecified atom stereocenters. The Morgan fingerprint density at radius 3 is 2.58 bits per heavy atom. The van der Waals surface area contributed by atoms with Gasteiger partial charge in [0.2, 0.25) is 0 Å². The van der Waals surface area contributed by atoms with E-state index in [-0.39, 0.29) is 35.8 Å². The molecule has 1 aliphatic carbocycles. The van der Waals surface area contributed by atoms with Crippen LogP contribution in [0.4, 0.5) is 0 Å². The van der Waals surface area contributed by atoms with E-state index in [9.17, 15) is 0 Å². The lowest BCUT2D eigenvalue weighted by molar-refractivity contribution is -0.171. The van der Waals surface area contributed by atoms with Gasteiger partial charge in [-0.25, -0.2) is 0 Å². The van der Waals surface area contributed by atoms with Crippen LogP contribution in [0.5, 0.6) is 0 Å². The minimum atomic E-state index is -0.531. The Bertz CT molecular complexity index is 411. The first-order chi connectivity index (χ1) is 8.81. The standard InChI is InChI=1S/C14H22O5/c1-8-11(16-8)19-14-5-9-10(18-12(2,3)17-9)13(4,6-14)15-7-14/h8-11H,5-7H2,1-4H3/t8?,9-,10-,11?,13?,14+/m1/s1. The Morgan fingerprint density at radius 1 is 1.16 bits per heavy atom. The van der Waals surface area contributed by atoms with Gasteiger partial charge in [-0.1, -0.05) is 0 Å². The molecule has 0 N–H and O–H groups in total. The zero-order valence-corrected chi connectivity index (χ0v) is 12.0. The number of fused-ring (bicyclic) bond motifs is 4. The van der Waals surface area contributed by atoms with Gasteiger partial charge in [0.1, 0.15) is 17.8 Å². The van der Waals surface area contributed by atoms with Gasteiger partial charge in [-0.15, -0.1) is 0 Å². The molecule has 4 rings (SSSR count). The van der Waals surface area contributed by atoms with Crippen LogP contribution in [0.3, 0.4) is 0 Å². The molecule has 0 spiro atoms. The van der Waals surface area contributed by atoms with Crippen molar-refractivity contribution in [2.75, 3.05) is 6.61 Å². The van der Waals surface area contributed by atoms with Crippen LogP contribution in [-0.4, -0.2) is 48.2 Å². The van der Waals surface area contributed by atoms with Gasteiger partial charge >= 0.3 is 0 Å². The predicted molar refractivity (Wildman–Crippen MR) is 65.6 cm³/mol. The highest BCUT2D eigenvalue weighted by molar-refractivity contribution is 5.12. The van der Waals surface area contributed by atoms with E-state index in [4.69, 9.17) is 23.7 Å². The topological polar surface area (TPSA) is 49.5 Å². The van der Waals surface area contributed by atoms with Crippen molar-refractivity contribution in [1.29, 1.82) is 0 Å². The number of ether oxygens (including phenoxy) is 5. The molecule has 0 aromatic heterocycles. The molecule has 19 heavy (non-hydrogen) atoms. The molecule has 0 aromatic carbocycles. The summed E-state index contributed by atoms with van der Waals surface area (Å²) < 4.78 is 29.7. The van der Waals surface area contributed by atoms with Gasteiger partial charge in [0, 0.05) is 12.8 Å². The lowest BCUT2D eigenvalue weighted by atomic mass is 9.75. The molecule has 1 saturated carbocycles. The minimum Gasteiger partial charge on any atom is -0.369 e. The average Bonchev–Trinajstić information content (AvgIpc) is 2.74. The molecule has 5 nitrogen and oxygen atoms in total. The van der Waals surface area contributed by atoms with Crippen molar-refractivity contribution in [2.45, 2.75) is 82.1 Å². The normalized spacial score (nSPS) is 58.1. The van der Waals surface area contributed by atoms with Gasteiger partial charge in [0.15, 0.2) is 12.1 Å². The minimum absolute atomic E-state index is 0.000676. The second-order valence-electron chi connectivity index (χ2n) is 7.09. The van der Waals surface area contributed by atoms with E-state index in [2.05, 4.69) is 6.92 Å². The number of epoxide rings is 1. The molecule has 6 atom stereocenters. The van der Waals surface area contributed by atoms with E-state index in [0.717, 1.165) is 12.8 Å². The molecule has 5 heteroatoms. The summed E-state index contributed by atoms with van der Waals surface area (Å²) in [5.41, 5.74) is -0.579. The summed E-state index contributed by atoms with van der Waals surface area (Å²) in [6, 6.07) is 0. The largest absolute Gasteiger partial charge is 0.369 e. The molecule has 4 aliphatic rings. The van der Waals surface area contributed by atoms with Crippen LogP contribution in [-0.2, 0) is 23.7 Å². The van der Waals surface area contributed by atoms with Crippen molar-refractivity contribution < 1.29 is 23.7 Å². The Kier molecular flexibility index (Phi) is 2.32. The van der Waals surface area contributed by atoms with Crippen molar-refractivity contribution in [3.8, 4) is 0 Å². The monoisotopic (exact) mass is 270 g/mol. The van der Waals surface area contributed by atoms with E-state index in [0.29, 0.717) is 6.61 Å². The molecule has 0 amide bonds. The molecule has 3 heterocycles. The van der Waals surface area contributed by atoms with Crippen molar-refractivity contribution >= 4 is 0 Å². The lowest BCUT2D eigenvalue weighted by Gasteiger charge is -2.40. The van der Waals surface area contributed by atoms with Crippen LogP contribution in [0.25, 0.3) is 0 Å². The van der Waals surface area contributed by atoms with Crippen LogP contribution in [0.15, 0.2) is 0 Å². The second-order valence-corrected chi connectivity index (χ2v) is 7.09. The number of rotatable bonds is 2. The van der Waals surface area contributed by atoms with E-state index < -0.39 is 5.79 Å². The highest BCUT2D eigenvalue weighted by Crippen LogP contribution is 2.53. The van der Waals surface area contributed by atoms with Gasteiger partial charge in [-0.05, 0) is 27.7 Å². The third-order valence-corrected chi connectivity index (χ3v) is 4.72. The highest BCUT2D eigenvalue weighted by Gasteiger charge is 2.65. The molecule has 3 saturated heterocycles. The Morgan fingerprint density at radius 2 is 1.89 bits per heavy atom. The van der Waals surface area contributed by atoms with Crippen molar-refractivity contribution in [3.05, 3.63) is 0 Å². The third kappa shape index (κ3) is 1.87. The van der Waals surface area contributed by atoms with Crippen molar-refractivity contribution in [1.82, 2.24) is 0 Å². The molecule has 108 valence electrons. The maximum Gasteiger partial charge on any atom is 0.184 e. The average molecular weight is 270 g/mol. The fraction of sp³-hybridized carbons (Fsp3) is 1.00. The highest BCUT2D eigenvalue weighted by atomic mass is 16.8. The first kappa shape index (κ1) is 12.5. The Hall–Kier alpha value is -0.200. The van der Waals surface area contributed by atoms with Crippen LogP contribution in [0.2, 0.25) is 0 Å². The van der Waals surface area contributed by atoms with E-state index >= 15 is 0 Å². The van der Waals surface area contributed by atoms with Gasteiger partial charge in [-0.2, -0.15) is 0 Å². The maximum atomic E-state index is 6.15. The quantitative estimate of drug-likeness (QED) is 0.713. The molecular weight excluding hydrogens is 248 g/mol. The zero-order chi connectivity index (χ0) is 13.5. The van der Waals surface area contributed by atoms with E-state index in [1.807, 2.05) is 20.8 Å². The maximum absolute atomic E-state index is 6.15. The SMILES string of the molecule is CC1OC1O[C@]12COC(C)(C1)[C@@H]1OC(C)(C)O[C@@H]1C2. The molecular formula is C14H22O5.